The average molecular weight is 439 g/mol. The van der Waals surface area contributed by atoms with Crippen LogP contribution in [-0.4, -0.2) is 30.8 Å². The van der Waals surface area contributed by atoms with Crippen LogP contribution in [0.4, 0.5) is 5.69 Å². The molecule has 3 aromatic heterocycles. The third kappa shape index (κ3) is 4.29. The predicted octanol–water partition coefficient (Wildman–Crippen LogP) is 3.84. The van der Waals surface area contributed by atoms with Crippen LogP contribution >= 0.6 is 23.6 Å². The second-order valence-electron chi connectivity index (χ2n) is 6.39. The van der Waals surface area contributed by atoms with E-state index in [9.17, 15) is 4.79 Å². The Labute approximate surface area is 181 Å². The minimum absolute atomic E-state index is 0.214. The topological polar surface area (TPSA) is 97.3 Å². The number of hydrogen-bond acceptors (Lipinski definition) is 7. The van der Waals surface area contributed by atoms with E-state index < -0.39 is 0 Å². The summed E-state index contributed by atoms with van der Waals surface area (Å²) in [4.78, 5) is 12.8. The van der Waals surface area contributed by atoms with Crippen molar-refractivity contribution in [2.24, 2.45) is 0 Å². The highest BCUT2D eigenvalue weighted by atomic mass is 32.1. The minimum atomic E-state index is -0.343. The maximum atomic E-state index is 12.0. The summed E-state index contributed by atoms with van der Waals surface area (Å²) in [7, 11) is 0. The molecule has 4 rings (SSSR count). The highest BCUT2D eigenvalue weighted by molar-refractivity contribution is 7.80. The Morgan fingerprint density at radius 1 is 1.33 bits per heavy atom. The SMILES string of the molecule is CCc1nnc2sc(-c3ccc(NC(=S)NC(=O)/C=C/c4ccco4)c(C)c3)nn12. The molecule has 0 aliphatic heterocycles. The maximum absolute atomic E-state index is 12.0. The number of rotatable bonds is 5. The van der Waals surface area contributed by atoms with Gasteiger partial charge in [-0.05, 0) is 61.1 Å². The van der Waals surface area contributed by atoms with Crippen molar-refractivity contribution in [3.05, 3.63) is 59.8 Å². The lowest BCUT2D eigenvalue weighted by Crippen LogP contribution is -2.33. The average Bonchev–Trinajstić information content (AvgIpc) is 3.45. The number of hydrogen-bond donors (Lipinski definition) is 2. The molecule has 0 unspecified atom stereocenters. The molecule has 0 saturated heterocycles. The number of furan rings is 1. The summed E-state index contributed by atoms with van der Waals surface area (Å²) in [5.41, 5.74) is 2.75. The summed E-state index contributed by atoms with van der Waals surface area (Å²) >= 11 is 6.73. The Kier molecular flexibility index (Phi) is 5.68. The highest BCUT2D eigenvalue weighted by Gasteiger charge is 2.13. The van der Waals surface area contributed by atoms with Gasteiger partial charge in [0.2, 0.25) is 10.9 Å². The normalized spacial score (nSPS) is 11.3. The number of amides is 1. The van der Waals surface area contributed by atoms with Gasteiger partial charge < -0.3 is 9.73 Å². The van der Waals surface area contributed by atoms with Crippen LogP contribution in [-0.2, 0) is 11.2 Å². The van der Waals surface area contributed by atoms with Crippen LogP contribution in [0.1, 0.15) is 24.1 Å². The Morgan fingerprint density at radius 3 is 2.93 bits per heavy atom. The van der Waals surface area contributed by atoms with Gasteiger partial charge in [0.05, 0.1) is 6.26 Å². The number of aromatic nitrogens is 4. The molecule has 30 heavy (non-hydrogen) atoms. The van der Waals surface area contributed by atoms with Gasteiger partial charge >= 0.3 is 0 Å². The second kappa shape index (κ2) is 8.56. The van der Waals surface area contributed by atoms with E-state index in [0.717, 1.165) is 39.0 Å². The van der Waals surface area contributed by atoms with Crippen LogP contribution in [0.5, 0.6) is 0 Å². The largest absolute Gasteiger partial charge is 0.465 e. The number of aryl methyl sites for hydroxylation is 2. The first-order valence-electron chi connectivity index (χ1n) is 9.19. The second-order valence-corrected chi connectivity index (χ2v) is 7.76. The molecule has 0 aliphatic rings. The van der Waals surface area contributed by atoms with Crippen LogP contribution < -0.4 is 10.6 Å². The molecule has 3 heterocycles. The van der Waals surface area contributed by atoms with Crippen molar-refractivity contribution >= 4 is 51.3 Å². The lowest BCUT2D eigenvalue weighted by molar-refractivity contribution is -0.115. The van der Waals surface area contributed by atoms with Crippen LogP contribution in [0.2, 0.25) is 0 Å². The molecule has 1 aromatic carbocycles. The molecule has 152 valence electrons. The van der Waals surface area contributed by atoms with Crippen molar-refractivity contribution in [2.45, 2.75) is 20.3 Å². The molecule has 0 spiro atoms. The fourth-order valence-corrected chi connectivity index (χ4v) is 3.85. The van der Waals surface area contributed by atoms with E-state index in [1.165, 1.54) is 17.4 Å². The van der Waals surface area contributed by atoms with Gasteiger partial charge in [-0.25, -0.2) is 0 Å². The molecule has 4 aromatic rings. The molecule has 0 fully saturated rings. The fraction of sp³-hybridized carbons (Fsp3) is 0.150. The standard InChI is InChI=1S/C20H18N6O2S2/c1-3-16-23-24-20-26(16)25-18(30-20)13-6-8-15(12(2)11-13)21-19(29)22-17(27)9-7-14-5-4-10-28-14/h4-11H,3H2,1-2H3,(H2,21,22,27,29)/b9-7+. The monoisotopic (exact) mass is 438 g/mol. The summed E-state index contributed by atoms with van der Waals surface area (Å²) in [6.45, 7) is 3.99. The number of fused-ring (bicyclic) bond motifs is 1. The maximum Gasteiger partial charge on any atom is 0.250 e. The van der Waals surface area contributed by atoms with Crippen LogP contribution in [0.3, 0.4) is 0 Å². The molecule has 2 N–H and O–H groups in total. The zero-order valence-corrected chi connectivity index (χ0v) is 17.9. The molecule has 1 amide bonds. The van der Waals surface area contributed by atoms with Gasteiger partial charge in [0.25, 0.3) is 0 Å². The predicted molar refractivity (Wildman–Crippen MR) is 120 cm³/mol. The zero-order valence-electron chi connectivity index (χ0n) is 16.2. The first-order valence-corrected chi connectivity index (χ1v) is 10.4. The van der Waals surface area contributed by atoms with Crippen molar-refractivity contribution in [2.75, 3.05) is 5.32 Å². The zero-order chi connectivity index (χ0) is 21.1. The minimum Gasteiger partial charge on any atom is -0.465 e. The Hall–Kier alpha value is -3.37. The molecule has 0 radical (unpaired) electrons. The van der Waals surface area contributed by atoms with Gasteiger partial charge in [-0.15, -0.1) is 10.2 Å². The molecule has 10 heteroatoms. The van der Waals surface area contributed by atoms with Gasteiger partial charge in [-0.2, -0.15) is 9.61 Å². The number of nitrogens with one attached hydrogen (secondary N) is 2. The number of anilines is 1. The van der Waals surface area contributed by atoms with E-state index >= 15 is 0 Å². The summed E-state index contributed by atoms with van der Waals surface area (Å²) in [5, 5.41) is 19.6. The number of nitrogens with zero attached hydrogens (tertiary/aromatic N) is 4. The third-order valence-electron chi connectivity index (χ3n) is 4.27. The summed E-state index contributed by atoms with van der Waals surface area (Å²) in [5.74, 6) is 1.08. The van der Waals surface area contributed by atoms with E-state index in [4.69, 9.17) is 16.6 Å². The van der Waals surface area contributed by atoms with Crippen molar-refractivity contribution in [1.82, 2.24) is 25.1 Å². The summed E-state index contributed by atoms with van der Waals surface area (Å²) < 4.78 is 6.93. The molecule has 8 nitrogen and oxygen atoms in total. The fourth-order valence-electron chi connectivity index (χ4n) is 2.78. The number of carbonyl (C=O) groups is 1. The van der Waals surface area contributed by atoms with Crippen LogP contribution in [0.25, 0.3) is 21.6 Å². The Morgan fingerprint density at radius 2 is 2.20 bits per heavy atom. The van der Waals surface area contributed by atoms with E-state index in [1.807, 2.05) is 32.0 Å². The van der Waals surface area contributed by atoms with Gasteiger partial charge in [0, 0.05) is 23.7 Å². The Balaban J connectivity index is 1.43. The van der Waals surface area contributed by atoms with Crippen molar-refractivity contribution in [3.63, 3.8) is 0 Å². The van der Waals surface area contributed by atoms with E-state index in [2.05, 4.69) is 25.9 Å². The quantitative estimate of drug-likeness (QED) is 0.361. The summed E-state index contributed by atoms with van der Waals surface area (Å²) in [6, 6.07) is 9.38. The van der Waals surface area contributed by atoms with Crippen LogP contribution in [0, 0.1) is 6.92 Å². The van der Waals surface area contributed by atoms with Crippen molar-refractivity contribution < 1.29 is 9.21 Å². The first-order chi connectivity index (χ1) is 14.5. The number of benzene rings is 1. The van der Waals surface area contributed by atoms with E-state index in [0.29, 0.717) is 5.76 Å². The van der Waals surface area contributed by atoms with Gasteiger partial charge in [0.15, 0.2) is 10.9 Å². The van der Waals surface area contributed by atoms with E-state index in [-0.39, 0.29) is 11.0 Å². The molecule has 0 saturated carbocycles. The number of thiocarbonyl (C=S) groups is 1. The van der Waals surface area contributed by atoms with Gasteiger partial charge in [-0.1, -0.05) is 18.3 Å². The molecule has 0 bridgehead atoms. The van der Waals surface area contributed by atoms with Crippen molar-refractivity contribution in [1.29, 1.82) is 0 Å². The lowest BCUT2D eigenvalue weighted by atomic mass is 10.1. The lowest BCUT2D eigenvalue weighted by Gasteiger charge is -2.11. The molecule has 0 atom stereocenters. The Bertz CT molecular complexity index is 1240. The first kappa shape index (κ1) is 19.9. The highest BCUT2D eigenvalue weighted by Crippen LogP contribution is 2.28. The smallest absolute Gasteiger partial charge is 0.250 e. The van der Waals surface area contributed by atoms with Gasteiger partial charge in [0.1, 0.15) is 10.8 Å². The molecule has 0 aliphatic carbocycles. The number of carbonyl (C=O) groups excluding carboxylic acids is 1. The third-order valence-corrected chi connectivity index (χ3v) is 5.42. The van der Waals surface area contributed by atoms with Crippen molar-refractivity contribution in [3.8, 4) is 10.6 Å². The van der Waals surface area contributed by atoms with E-state index in [1.54, 1.807) is 29.0 Å². The van der Waals surface area contributed by atoms with Gasteiger partial charge in [-0.3, -0.25) is 10.1 Å². The molecular weight excluding hydrogens is 420 g/mol. The molecular formula is C20H18N6O2S2. The summed E-state index contributed by atoms with van der Waals surface area (Å²) in [6.07, 6.45) is 5.24. The van der Waals surface area contributed by atoms with Crippen LogP contribution in [0.15, 0.2) is 47.1 Å².